The van der Waals surface area contributed by atoms with Crippen molar-refractivity contribution >= 4 is 17.8 Å². The zero-order valence-electron chi connectivity index (χ0n) is 10.6. The molecule has 1 rings (SSSR count). The van der Waals surface area contributed by atoms with Crippen molar-refractivity contribution in [2.75, 3.05) is 6.54 Å². The van der Waals surface area contributed by atoms with Crippen LogP contribution in [0.15, 0.2) is 0 Å². The Labute approximate surface area is 106 Å². The molecule has 0 aromatic heterocycles. The molecule has 2 amide bonds. The number of hydrogen-bond donors (Lipinski definition) is 3. The Hall–Kier alpha value is -1.59. The Morgan fingerprint density at radius 1 is 1.28 bits per heavy atom. The third kappa shape index (κ3) is 5.16. The van der Waals surface area contributed by atoms with Crippen LogP contribution in [0.25, 0.3) is 0 Å². The van der Waals surface area contributed by atoms with Gasteiger partial charge in [-0.05, 0) is 19.8 Å². The van der Waals surface area contributed by atoms with Gasteiger partial charge in [0.25, 0.3) is 0 Å². The highest BCUT2D eigenvalue weighted by molar-refractivity contribution is 5.83. The Morgan fingerprint density at radius 3 is 2.44 bits per heavy atom. The van der Waals surface area contributed by atoms with E-state index in [1.54, 1.807) is 6.92 Å². The van der Waals surface area contributed by atoms with Crippen LogP contribution in [0.5, 0.6) is 0 Å². The van der Waals surface area contributed by atoms with E-state index in [0.29, 0.717) is 0 Å². The number of amides is 2. The van der Waals surface area contributed by atoms with Crippen molar-refractivity contribution in [2.45, 2.75) is 45.1 Å². The maximum atomic E-state index is 11.8. The predicted octanol–water partition coefficient (Wildman–Crippen LogP) is 0.272. The first kappa shape index (κ1) is 14.5. The number of carbonyl (C=O) groups excluding carboxylic acids is 2. The number of aliphatic carboxylic acids is 1. The van der Waals surface area contributed by atoms with Crippen LogP contribution in [0.2, 0.25) is 0 Å². The molecule has 0 spiro atoms. The topological polar surface area (TPSA) is 95.5 Å². The molecule has 1 aliphatic carbocycles. The number of carbonyl (C=O) groups is 3. The van der Waals surface area contributed by atoms with Gasteiger partial charge < -0.3 is 15.7 Å². The zero-order chi connectivity index (χ0) is 13.5. The van der Waals surface area contributed by atoms with E-state index in [1.807, 2.05) is 0 Å². The summed E-state index contributed by atoms with van der Waals surface area (Å²) in [5.41, 5.74) is 0. The van der Waals surface area contributed by atoms with Crippen molar-refractivity contribution in [1.82, 2.24) is 10.6 Å². The minimum Gasteiger partial charge on any atom is -0.480 e. The van der Waals surface area contributed by atoms with Crippen LogP contribution in [-0.4, -0.2) is 35.5 Å². The fourth-order valence-electron chi connectivity index (χ4n) is 2.12. The Morgan fingerprint density at radius 2 is 1.89 bits per heavy atom. The number of rotatable bonds is 6. The molecule has 0 bridgehead atoms. The van der Waals surface area contributed by atoms with Crippen LogP contribution in [-0.2, 0) is 14.4 Å². The second-order valence-corrected chi connectivity index (χ2v) is 4.77. The Kier molecular flexibility index (Phi) is 5.61. The van der Waals surface area contributed by atoms with E-state index >= 15 is 0 Å². The zero-order valence-corrected chi connectivity index (χ0v) is 10.6. The standard InChI is InChI=1S/C12H20N2O4/c1-8(6-10(15)13-7-11(16)17)14-12(18)9-4-2-3-5-9/h8-9H,2-7H2,1H3,(H,13,15)(H,14,18)(H,16,17). The first-order chi connectivity index (χ1) is 8.49. The highest BCUT2D eigenvalue weighted by Crippen LogP contribution is 2.24. The van der Waals surface area contributed by atoms with Gasteiger partial charge in [0.05, 0.1) is 0 Å². The largest absolute Gasteiger partial charge is 0.480 e. The normalized spacial score (nSPS) is 17.2. The van der Waals surface area contributed by atoms with Crippen LogP contribution < -0.4 is 10.6 Å². The maximum Gasteiger partial charge on any atom is 0.322 e. The summed E-state index contributed by atoms with van der Waals surface area (Å²) in [5.74, 6) is -1.36. The van der Waals surface area contributed by atoms with Gasteiger partial charge in [0, 0.05) is 18.4 Å². The van der Waals surface area contributed by atoms with Crippen molar-refractivity contribution in [3.63, 3.8) is 0 Å². The monoisotopic (exact) mass is 256 g/mol. The van der Waals surface area contributed by atoms with Crippen molar-refractivity contribution < 1.29 is 19.5 Å². The first-order valence-electron chi connectivity index (χ1n) is 6.28. The molecular weight excluding hydrogens is 236 g/mol. The van der Waals surface area contributed by atoms with Crippen molar-refractivity contribution in [3.05, 3.63) is 0 Å². The Bertz CT molecular complexity index is 324. The van der Waals surface area contributed by atoms with Crippen LogP contribution in [0.3, 0.4) is 0 Å². The molecule has 1 aliphatic rings. The summed E-state index contributed by atoms with van der Waals surface area (Å²) >= 11 is 0. The summed E-state index contributed by atoms with van der Waals surface area (Å²) in [6.45, 7) is 1.36. The van der Waals surface area contributed by atoms with E-state index in [1.165, 1.54) is 0 Å². The molecule has 0 radical (unpaired) electrons. The number of carboxylic acids is 1. The molecule has 6 heteroatoms. The fourth-order valence-corrected chi connectivity index (χ4v) is 2.12. The number of carboxylic acid groups (broad SMARTS) is 1. The molecular formula is C12H20N2O4. The Balaban J connectivity index is 2.23. The van der Waals surface area contributed by atoms with E-state index < -0.39 is 5.97 Å². The molecule has 0 saturated heterocycles. The smallest absolute Gasteiger partial charge is 0.322 e. The lowest BCUT2D eigenvalue weighted by molar-refractivity contribution is -0.138. The van der Waals surface area contributed by atoms with Crippen LogP contribution >= 0.6 is 0 Å². The summed E-state index contributed by atoms with van der Waals surface area (Å²) in [4.78, 5) is 33.4. The summed E-state index contributed by atoms with van der Waals surface area (Å²) < 4.78 is 0. The minimum atomic E-state index is -1.08. The van der Waals surface area contributed by atoms with Gasteiger partial charge in [0.2, 0.25) is 11.8 Å². The maximum absolute atomic E-state index is 11.8. The molecule has 0 aromatic carbocycles. The van der Waals surface area contributed by atoms with Gasteiger partial charge in [0.15, 0.2) is 0 Å². The summed E-state index contributed by atoms with van der Waals surface area (Å²) in [7, 11) is 0. The average molecular weight is 256 g/mol. The molecule has 0 aliphatic heterocycles. The second kappa shape index (κ2) is 6.98. The molecule has 1 unspecified atom stereocenters. The fraction of sp³-hybridized carbons (Fsp3) is 0.750. The van der Waals surface area contributed by atoms with E-state index in [2.05, 4.69) is 10.6 Å². The third-order valence-corrected chi connectivity index (χ3v) is 3.04. The average Bonchev–Trinajstić information content (AvgIpc) is 2.79. The van der Waals surface area contributed by atoms with E-state index in [0.717, 1.165) is 25.7 Å². The van der Waals surface area contributed by atoms with Gasteiger partial charge in [-0.3, -0.25) is 14.4 Å². The van der Waals surface area contributed by atoms with Gasteiger partial charge >= 0.3 is 5.97 Å². The summed E-state index contributed by atoms with van der Waals surface area (Å²) in [6, 6.07) is -0.271. The molecule has 1 fully saturated rings. The van der Waals surface area contributed by atoms with Crippen LogP contribution in [0.4, 0.5) is 0 Å². The molecule has 6 nitrogen and oxygen atoms in total. The summed E-state index contributed by atoms with van der Waals surface area (Å²) in [5, 5.41) is 13.5. The molecule has 1 saturated carbocycles. The highest BCUT2D eigenvalue weighted by atomic mass is 16.4. The number of hydrogen-bond acceptors (Lipinski definition) is 3. The number of nitrogens with one attached hydrogen (secondary N) is 2. The lowest BCUT2D eigenvalue weighted by Gasteiger charge is -2.16. The third-order valence-electron chi connectivity index (χ3n) is 3.04. The van der Waals surface area contributed by atoms with E-state index in [-0.39, 0.29) is 36.7 Å². The summed E-state index contributed by atoms with van der Waals surface area (Å²) in [6.07, 6.45) is 4.12. The molecule has 102 valence electrons. The van der Waals surface area contributed by atoms with Gasteiger partial charge in [-0.25, -0.2) is 0 Å². The molecule has 1 atom stereocenters. The molecule has 3 N–H and O–H groups in total. The van der Waals surface area contributed by atoms with Crippen molar-refractivity contribution in [2.24, 2.45) is 5.92 Å². The van der Waals surface area contributed by atoms with Crippen molar-refractivity contribution in [3.8, 4) is 0 Å². The van der Waals surface area contributed by atoms with Gasteiger partial charge in [-0.1, -0.05) is 12.8 Å². The minimum absolute atomic E-state index is 0.00559. The van der Waals surface area contributed by atoms with Gasteiger partial charge in [-0.15, -0.1) is 0 Å². The van der Waals surface area contributed by atoms with Crippen molar-refractivity contribution in [1.29, 1.82) is 0 Å². The quantitative estimate of drug-likeness (QED) is 0.635. The molecule has 0 aromatic rings. The van der Waals surface area contributed by atoms with Gasteiger partial charge in [0.1, 0.15) is 6.54 Å². The van der Waals surface area contributed by atoms with E-state index in [9.17, 15) is 14.4 Å². The predicted molar refractivity (Wildman–Crippen MR) is 64.8 cm³/mol. The van der Waals surface area contributed by atoms with E-state index in [4.69, 9.17) is 5.11 Å². The van der Waals surface area contributed by atoms with Crippen LogP contribution in [0.1, 0.15) is 39.0 Å². The molecule has 0 heterocycles. The van der Waals surface area contributed by atoms with Gasteiger partial charge in [-0.2, -0.15) is 0 Å². The first-order valence-corrected chi connectivity index (χ1v) is 6.28. The van der Waals surface area contributed by atoms with Crippen LogP contribution in [0, 0.1) is 5.92 Å². The molecule has 18 heavy (non-hydrogen) atoms. The lowest BCUT2D eigenvalue weighted by atomic mass is 10.1. The SMILES string of the molecule is CC(CC(=O)NCC(=O)O)NC(=O)C1CCCC1. The highest BCUT2D eigenvalue weighted by Gasteiger charge is 2.24. The lowest BCUT2D eigenvalue weighted by Crippen LogP contribution is -2.40. The second-order valence-electron chi connectivity index (χ2n) is 4.77.